The monoisotopic (exact) mass is 378 g/mol. The summed E-state index contributed by atoms with van der Waals surface area (Å²) in [5.41, 5.74) is 2.36. The Hall–Kier alpha value is -2.31. The van der Waals surface area contributed by atoms with Crippen LogP contribution in [0.3, 0.4) is 0 Å². The van der Waals surface area contributed by atoms with Gasteiger partial charge in [0.25, 0.3) is 5.19 Å². The molecule has 0 unspecified atom stereocenters. The van der Waals surface area contributed by atoms with Gasteiger partial charge in [0.2, 0.25) is 0 Å². The van der Waals surface area contributed by atoms with E-state index in [9.17, 15) is 0 Å². The molecule has 5 nitrogen and oxygen atoms in total. The van der Waals surface area contributed by atoms with Crippen LogP contribution in [0.5, 0.6) is 5.19 Å². The van der Waals surface area contributed by atoms with Crippen LogP contribution in [-0.2, 0) is 6.42 Å². The molecule has 0 spiro atoms. The standard InChI is InChI=1S/C21H22N4OS/c1-2-6-17(7-3-1)20-23-24-21(27-20)26-19-16-8-11-25(12-9-16)18(19)13-15-5-4-10-22-14-15/h1-7,10,14,16,18-19H,8-9,11-13H2/t18-,19+/m1/s1. The molecule has 0 aliphatic carbocycles. The van der Waals surface area contributed by atoms with Crippen LogP contribution in [0.4, 0.5) is 0 Å². The molecule has 3 aromatic rings. The number of rotatable bonds is 5. The Bertz CT molecular complexity index is 877. The Morgan fingerprint density at radius 2 is 1.89 bits per heavy atom. The van der Waals surface area contributed by atoms with Crippen LogP contribution in [0, 0.1) is 5.92 Å². The van der Waals surface area contributed by atoms with Gasteiger partial charge in [-0.3, -0.25) is 9.88 Å². The molecule has 3 fully saturated rings. The van der Waals surface area contributed by atoms with Gasteiger partial charge in [-0.1, -0.05) is 52.8 Å². The maximum absolute atomic E-state index is 6.46. The molecule has 0 amide bonds. The lowest BCUT2D eigenvalue weighted by molar-refractivity contribution is -0.0581. The first-order valence-electron chi connectivity index (χ1n) is 9.55. The Morgan fingerprint density at radius 1 is 1.04 bits per heavy atom. The van der Waals surface area contributed by atoms with Gasteiger partial charge in [0.05, 0.1) is 6.04 Å². The summed E-state index contributed by atoms with van der Waals surface area (Å²) < 4.78 is 6.46. The molecule has 2 bridgehead atoms. The van der Waals surface area contributed by atoms with E-state index in [1.807, 2.05) is 36.7 Å². The smallest absolute Gasteiger partial charge is 0.294 e. The largest absolute Gasteiger partial charge is 0.464 e. The van der Waals surface area contributed by atoms with Crippen LogP contribution in [0.1, 0.15) is 18.4 Å². The number of benzene rings is 1. The van der Waals surface area contributed by atoms with Gasteiger partial charge in [-0.05, 0) is 49.9 Å². The molecular formula is C21H22N4OS. The second kappa shape index (κ2) is 7.37. The fourth-order valence-corrected chi connectivity index (χ4v) is 5.09. The zero-order valence-electron chi connectivity index (χ0n) is 15.1. The Labute approximate surface area is 163 Å². The summed E-state index contributed by atoms with van der Waals surface area (Å²) >= 11 is 1.54. The summed E-state index contributed by atoms with van der Waals surface area (Å²) in [6, 6.07) is 14.7. The first-order chi connectivity index (χ1) is 13.4. The summed E-state index contributed by atoms with van der Waals surface area (Å²) in [6.07, 6.45) is 7.36. The molecule has 0 saturated carbocycles. The summed E-state index contributed by atoms with van der Waals surface area (Å²) in [6.45, 7) is 2.33. The Balaban J connectivity index is 1.37. The van der Waals surface area contributed by atoms with Crippen LogP contribution in [0.15, 0.2) is 54.9 Å². The normalized spacial score (nSPS) is 26.8. The molecule has 0 radical (unpaired) electrons. The number of nitrogens with zero attached hydrogens (tertiary/aromatic N) is 4. The van der Waals surface area contributed by atoms with E-state index in [0.717, 1.165) is 17.0 Å². The molecule has 138 valence electrons. The molecule has 0 N–H and O–H groups in total. The second-order valence-electron chi connectivity index (χ2n) is 7.33. The molecular weight excluding hydrogens is 356 g/mol. The summed E-state index contributed by atoms with van der Waals surface area (Å²) in [7, 11) is 0. The zero-order chi connectivity index (χ0) is 18.1. The first kappa shape index (κ1) is 16.8. The molecule has 2 aromatic heterocycles. The van der Waals surface area contributed by atoms with Crippen LogP contribution < -0.4 is 4.74 Å². The minimum absolute atomic E-state index is 0.171. The molecule has 3 aliphatic heterocycles. The lowest BCUT2D eigenvalue weighted by Gasteiger charge is -2.50. The highest BCUT2D eigenvalue weighted by Crippen LogP contribution is 2.38. The van der Waals surface area contributed by atoms with Crippen LogP contribution in [0.25, 0.3) is 10.6 Å². The predicted molar refractivity (Wildman–Crippen MR) is 106 cm³/mol. The maximum Gasteiger partial charge on any atom is 0.294 e. The van der Waals surface area contributed by atoms with Gasteiger partial charge < -0.3 is 4.74 Å². The number of fused-ring (bicyclic) bond motifs is 3. The molecule has 2 atom stereocenters. The van der Waals surface area contributed by atoms with Crippen molar-refractivity contribution in [1.82, 2.24) is 20.1 Å². The SMILES string of the molecule is c1ccc(-c2nnc(O[C@H]3C4CCN(CC4)[C@@H]3Cc3cccnc3)s2)cc1. The summed E-state index contributed by atoms with van der Waals surface area (Å²) in [5.74, 6) is 0.598. The van der Waals surface area contributed by atoms with E-state index in [1.165, 1.54) is 31.5 Å². The molecule has 5 heterocycles. The van der Waals surface area contributed by atoms with Crippen molar-refractivity contribution >= 4 is 11.3 Å². The molecule has 3 saturated heterocycles. The van der Waals surface area contributed by atoms with E-state index in [4.69, 9.17) is 4.74 Å². The van der Waals surface area contributed by atoms with Crippen molar-refractivity contribution in [2.75, 3.05) is 13.1 Å². The third kappa shape index (κ3) is 3.47. The first-order valence-corrected chi connectivity index (χ1v) is 10.4. The number of pyridine rings is 1. The molecule has 27 heavy (non-hydrogen) atoms. The third-order valence-corrected chi connectivity index (χ3v) is 6.58. The lowest BCUT2D eigenvalue weighted by atomic mass is 9.78. The fraction of sp³-hybridized carbons (Fsp3) is 0.381. The van der Waals surface area contributed by atoms with Crippen molar-refractivity contribution in [2.24, 2.45) is 5.92 Å². The minimum atomic E-state index is 0.171. The van der Waals surface area contributed by atoms with Gasteiger partial charge >= 0.3 is 0 Å². The summed E-state index contributed by atoms with van der Waals surface area (Å²) in [5, 5.41) is 10.3. The Morgan fingerprint density at radius 3 is 2.67 bits per heavy atom. The van der Waals surface area contributed by atoms with Crippen molar-refractivity contribution in [2.45, 2.75) is 31.4 Å². The van der Waals surface area contributed by atoms with E-state index < -0.39 is 0 Å². The van der Waals surface area contributed by atoms with Crippen molar-refractivity contribution in [3.05, 3.63) is 60.4 Å². The highest BCUT2D eigenvalue weighted by Gasteiger charge is 2.44. The third-order valence-electron chi connectivity index (χ3n) is 5.72. The van der Waals surface area contributed by atoms with Gasteiger partial charge in [-0.15, -0.1) is 5.10 Å². The van der Waals surface area contributed by atoms with Gasteiger partial charge in [-0.2, -0.15) is 0 Å². The minimum Gasteiger partial charge on any atom is -0.464 e. The fourth-order valence-electron chi connectivity index (χ4n) is 4.35. The number of hydrogen-bond acceptors (Lipinski definition) is 6. The van der Waals surface area contributed by atoms with E-state index in [-0.39, 0.29) is 6.10 Å². The van der Waals surface area contributed by atoms with Crippen molar-refractivity contribution in [3.8, 4) is 15.8 Å². The van der Waals surface area contributed by atoms with E-state index in [0.29, 0.717) is 17.2 Å². The average Bonchev–Trinajstić information content (AvgIpc) is 3.21. The maximum atomic E-state index is 6.46. The number of aromatic nitrogens is 3. The van der Waals surface area contributed by atoms with Crippen LogP contribution >= 0.6 is 11.3 Å². The Kier molecular flexibility index (Phi) is 4.59. The molecule has 3 aliphatic rings. The zero-order valence-corrected chi connectivity index (χ0v) is 15.9. The molecule has 1 aromatic carbocycles. The highest BCUT2D eigenvalue weighted by molar-refractivity contribution is 7.16. The predicted octanol–water partition coefficient (Wildman–Crippen LogP) is 3.68. The van der Waals surface area contributed by atoms with Crippen molar-refractivity contribution in [1.29, 1.82) is 0 Å². The molecule has 6 heteroatoms. The van der Waals surface area contributed by atoms with Gasteiger partial charge in [0.15, 0.2) is 5.01 Å². The number of hydrogen-bond donors (Lipinski definition) is 0. The van der Waals surface area contributed by atoms with Crippen molar-refractivity contribution < 1.29 is 4.74 Å². The second-order valence-corrected chi connectivity index (χ2v) is 8.27. The van der Waals surface area contributed by atoms with E-state index >= 15 is 0 Å². The topological polar surface area (TPSA) is 51.1 Å². The van der Waals surface area contributed by atoms with Crippen LogP contribution in [0.2, 0.25) is 0 Å². The van der Waals surface area contributed by atoms with Gasteiger partial charge in [0.1, 0.15) is 6.10 Å². The van der Waals surface area contributed by atoms with Gasteiger partial charge in [-0.25, -0.2) is 0 Å². The number of piperidine rings is 3. The van der Waals surface area contributed by atoms with E-state index in [2.05, 4.69) is 38.3 Å². The highest BCUT2D eigenvalue weighted by atomic mass is 32.1. The lowest BCUT2D eigenvalue weighted by Crippen LogP contribution is -2.60. The average molecular weight is 379 g/mol. The van der Waals surface area contributed by atoms with E-state index in [1.54, 1.807) is 11.3 Å². The van der Waals surface area contributed by atoms with Crippen LogP contribution in [-0.4, -0.2) is 45.3 Å². The quantitative estimate of drug-likeness (QED) is 0.678. The number of ether oxygens (including phenoxy) is 1. The molecule has 6 rings (SSSR count). The summed E-state index contributed by atoms with van der Waals surface area (Å²) in [4.78, 5) is 6.86. The van der Waals surface area contributed by atoms with Gasteiger partial charge in [0, 0.05) is 18.0 Å². The van der Waals surface area contributed by atoms with Crippen molar-refractivity contribution in [3.63, 3.8) is 0 Å².